The number of nitrogens with zero attached hydrogens (tertiary/aromatic N) is 2. The summed E-state index contributed by atoms with van der Waals surface area (Å²) < 4.78 is 5.10. The van der Waals surface area contributed by atoms with Gasteiger partial charge in [0.2, 0.25) is 17.7 Å². The first kappa shape index (κ1) is 21.2. The number of hydrogen-bond acceptors (Lipinski definition) is 6. The summed E-state index contributed by atoms with van der Waals surface area (Å²) in [4.78, 5) is 65.6. The molecular weight excluding hydrogens is 390 g/mol. The first-order chi connectivity index (χ1) is 14.3. The minimum atomic E-state index is -1.34. The van der Waals surface area contributed by atoms with E-state index in [1.54, 1.807) is 37.3 Å². The summed E-state index contributed by atoms with van der Waals surface area (Å²) in [6, 6.07) is 8.58. The number of rotatable bonds is 3. The van der Waals surface area contributed by atoms with Crippen molar-refractivity contribution in [2.75, 3.05) is 19.7 Å². The highest BCUT2D eigenvalue weighted by molar-refractivity contribution is 6.16. The van der Waals surface area contributed by atoms with Crippen molar-refractivity contribution in [3.8, 4) is 0 Å². The fourth-order valence-electron chi connectivity index (χ4n) is 3.91. The molecule has 0 aromatic heterocycles. The average molecular weight is 413 g/mol. The predicted molar refractivity (Wildman–Crippen MR) is 104 cm³/mol. The van der Waals surface area contributed by atoms with Crippen LogP contribution in [0.1, 0.15) is 32.3 Å². The third-order valence-electron chi connectivity index (χ3n) is 5.17. The summed E-state index contributed by atoms with van der Waals surface area (Å²) in [6.45, 7) is 4.75. The lowest BCUT2D eigenvalue weighted by atomic mass is 9.76. The zero-order valence-corrected chi connectivity index (χ0v) is 17.0. The first-order valence-corrected chi connectivity index (χ1v) is 9.65. The maximum Gasteiger partial charge on any atom is 0.319 e. The van der Waals surface area contributed by atoms with Crippen molar-refractivity contribution in [3.05, 3.63) is 47.3 Å². The lowest BCUT2D eigenvalue weighted by Gasteiger charge is -2.34. The van der Waals surface area contributed by atoms with E-state index in [2.05, 4.69) is 5.32 Å². The topological polar surface area (TPSA) is 113 Å². The number of amides is 4. The highest BCUT2D eigenvalue weighted by atomic mass is 16.5. The van der Waals surface area contributed by atoms with Crippen LogP contribution >= 0.6 is 0 Å². The number of esters is 1. The summed E-state index contributed by atoms with van der Waals surface area (Å²) >= 11 is 0. The molecule has 9 nitrogen and oxygen atoms in total. The van der Waals surface area contributed by atoms with Gasteiger partial charge >= 0.3 is 5.97 Å². The van der Waals surface area contributed by atoms with Gasteiger partial charge < -0.3 is 4.74 Å². The van der Waals surface area contributed by atoms with E-state index in [9.17, 15) is 24.0 Å². The molecule has 0 spiro atoms. The molecule has 0 bridgehead atoms. The monoisotopic (exact) mass is 413 g/mol. The molecule has 2 unspecified atom stereocenters. The van der Waals surface area contributed by atoms with Gasteiger partial charge in [0.1, 0.15) is 11.7 Å². The van der Waals surface area contributed by atoms with Crippen LogP contribution in [-0.2, 0) is 28.7 Å². The van der Waals surface area contributed by atoms with Crippen molar-refractivity contribution in [2.24, 2.45) is 5.92 Å². The molecule has 158 valence electrons. The Morgan fingerprint density at radius 2 is 1.60 bits per heavy atom. The number of imide groups is 1. The molecule has 2 fully saturated rings. The highest BCUT2D eigenvalue weighted by Crippen LogP contribution is 2.40. The van der Waals surface area contributed by atoms with Gasteiger partial charge in [0.15, 0.2) is 0 Å². The minimum Gasteiger partial charge on any atom is -0.465 e. The molecule has 1 N–H and O–H groups in total. The molecule has 3 rings (SSSR count). The van der Waals surface area contributed by atoms with Gasteiger partial charge in [-0.3, -0.25) is 39.1 Å². The summed E-state index contributed by atoms with van der Waals surface area (Å²) in [5.41, 5.74) is 0.543. The average Bonchev–Trinajstić information content (AvgIpc) is 3.13. The SMILES string of the molecule is CCOC(=O)C1C(=O)NC(=O)C(=C2N(C(C)=O)CCN2C(C)=O)C1c1ccccc1. The van der Waals surface area contributed by atoms with Crippen LogP contribution < -0.4 is 5.32 Å². The Bertz CT molecular complexity index is 915. The van der Waals surface area contributed by atoms with Gasteiger partial charge in [0.05, 0.1) is 12.2 Å². The summed E-state index contributed by atoms with van der Waals surface area (Å²) in [5, 5.41) is 2.20. The second-order valence-electron chi connectivity index (χ2n) is 7.02. The van der Waals surface area contributed by atoms with Crippen molar-refractivity contribution in [1.29, 1.82) is 0 Å². The Morgan fingerprint density at radius 1 is 1.03 bits per heavy atom. The van der Waals surface area contributed by atoms with Crippen molar-refractivity contribution >= 4 is 29.6 Å². The van der Waals surface area contributed by atoms with Crippen molar-refractivity contribution in [3.63, 3.8) is 0 Å². The Labute approximate surface area is 173 Å². The standard InChI is InChI=1S/C21H23N3O6/c1-4-30-21(29)17-15(14-8-6-5-7-9-14)16(18(27)22-19(17)28)20-23(12(2)25)10-11-24(20)13(3)26/h5-9,15,17H,4,10-11H2,1-3H3,(H,22,27,28). The maximum absolute atomic E-state index is 13.0. The lowest BCUT2D eigenvalue weighted by Crippen LogP contribution is -2.51. The first-order valence-electron chi connectivity index (χ1n) is 9.65. The minimum absolute atomic E-state index is 0.0155. The number of nitrogens with one attached hydrogen (secondary N) is 1. The Balaban J connectivity index is 2.30. The predicted octanol–water partition coefficient (Wildman–Crippen LogP) is 0.528. The molecule has 30 heavy (non-hydrogen) atoms. The van der Waals surface area contributed by atoms with E-state index in [1.165, 1.54) is 23.6 Å². The number of carbonyl (C=O) groups excluding carboxylic acids is 5. The molecule has 2 atom stereocenters. The number of benzene rings is 1. The summed E-state index contributed by atoms with van der Waals surface area (Å²) in [7, 11) is 0. The van der Waals surface area contributed by atoms with Crippen LogP contribution in [0.4, 0.5) is 0 Å². The van der Waals surface area contributed by atoms with E-state index < -0.39 is 29.6 Å². The highest BCUT2D eigenvalue weighted by Gasteiger charge is 2.49. The molecule has 2 heterocycles. The number of hydrogen-bond donors (Lipinski definition) is 1. The third-order valence-corrected chi connectivity index (χ3v) is 5.17. The van der Waals surface area contributed by atoms with E-state index >= 15 is 0 Å². The van der Waals surface area contributed by atoms with Gasteiger partial charge in [-0.15, -0.1) is 0 Å². The second kappa shape index (κ2) is 8.48. The van der Waals surface area contributed by atoms with Crippen LogP contribution in [-0.4, -0.2) is 59.1 Å². The molecule has 4 amide bonds. The van der Waals surface area contributed by atoms with Gasteiger partial charge in [-0.05, 0) is 12.5 Å². The second-order valence-corrected chi connectivity index (χ2v) is 7.02. The van der Waals surface area contributed by atoms with Gasteiger partial charge in [-0.2, -0.15) is 0 Å². The molecule has 0 aliphatic carbocycles. The van der Waals surface area contributed by atoms with E-state index in [4.69, 9.17) is 4.74 Å². The zero-order chi connectivity index (χ0) is 22.0. The summed E-state index contributed by atoms with van der Waals surface area (Å²) in [5.74, 6) is -5.27. The van der Waals surface area contributed by atoms with E-state index in [0.717, 1.165) is 0 Å². The van der Waals surface area contributed by atoms with Crippen LogP contribution in [0.5, 0.6) is 0 Å². The quantitative estimate of drug-likeness (QED) is 0.335. The van der Waals surface area contributed by atoms with Crippen LogP contribution in [0.25, 0.3) is 0 Å². The Morgan fingerprint density at radius 3 is 2.10 bits per heavy atom. The van der Waals surface area contributed by atoms with Gasteiger partial charge in [0.25, 0.3) is 5.91 Å². The fraction of sp³-hybridized carbons (Fsp3) is 0.381. The van der Waals surface area contributed by atoms with Gasteiger partial charge in [0, 0.05) is 32.9 Å². The molecule has 9 heteroatoms. The third kappa shape index (κ3) is 3.70. The van der Waals surface area contributed by atoms with Gasteiger partial charge in [-0.1, -0.05) is 30.3 Å². The number of ether oxygens (including phenoxy) is 1. The smallest absolute Gasteiger partial charge is 0.319 e. The molecule has 1 aromatic rings. The zero-order valence-electron chi connectivity index (χ0n) is 17.0. The number of piperidine rings is 1. The molecule has 2 aliphatic heterocycles. The Kier molecular flexibility index (Phi) is 6.00. The van der Waals surface area contributed by atoms with Crippen LogP contribution in [0.3, 0.4) is 0 Å². The summed E-state index contributed by atoms with van der Waals surface area (Å²) in [6.07, 6.45) is 0. The van der Waals surface area contributed by atoms with Crippen molar-refractivity contribution < 1.29 is 28.7 Å². The molecular formula is C21H23N3O6. The van der Waals surface area contributed by atoms with Crippen LogP contribution in [0.15, 0.2) is 41.7 Å². The van der Waals surface area contributed by atoms with E-state index in [-0.39, 0.29) is 42.9 Å². The maximum atomic E-state index is 13.0. The molecule has 2 aliphatic rings. The van der Waals surface area contributed by atoms with E-state index in [0.29, 0.717) is 5.56 Å². The molecule has 2 saturated heterocycles. The van der Waals surface area contributed by atoms with Crippen LogP contribution in [0, 0.1) is 5.92 Å². The Hall–Kier alpha value is -3.49. The normalized spacial score (nSPS) is 21.6. The van der Waals surface area contributed by atoms with Crippen molar-refractivity contribution in [2.45, 2.75) is 26.7 Å². The van der Waals surface area contributed by atoms with Gasteiger partial charge in [-0.25, -0.2) is 0 Å². The van der Waals surface area contributed by atoms with E-state index in [1.807, 2.05) is 0 Å². The van der Waals surface area contributed by atoms with Crippen LogP contribution in [0.2, 0.25) is 0 Å². The van der Waals surface area contributed by atoms with Crippen molar-refractivity contribution in [1.82, 2.24) is 15.1 Å². The largest absolute Gasteiger partial charge is 0.465 e. The molecule has 0 radical (unpaired) electrons. The number of carbonyl (C=O) groups is 5. The molecule has 1 aromatic carbocycles. The fourth-order valence-corrected chi connectivity index (χ4v) is 3.91. The lowest BCUT2D eigenvalue weighted by molar-refractivity contribution is -0.154. The molecule has 0 saturated carbocycles.